The number of hydrogen-bond acceptors (Lipinski definition) is 4. The van der Waals surface area contributed by atoms with Crippen molar-refractivity contribution in [3.63, 3.8) is 0 Å². The second-order valence-electron chi connectivity index (χ2n) is 6.39. The van der Waals surface area contributed by atoms with Crippen LogP contribution >= 0.6 is 11.3 Å². The maximum absolute atomic E-state index is 4.89. The SMILES string of the molecule is CNCc1c(N2CCCC(C(C)C)CC2)nc2sccn12. The van der Waals surface area contributed by atoms with Gasteiger partial charge in [0.25, 0.3) is 0 Å². The lowest BCUT2D eigenvalue weighted by molar-refractivity contribution is 0.351. The summed E-state index contributed by atoms with van der Waals surface area (Å²) in [5.74, 6) is 2.86. The number of nitrogens with zero attached hydrogens (tertiary/aromatic N) is 3. The van der Waals surface area contributed by atoms with Crippen LogP contribution in [-0.2, 0) is 6.54 Å². The minimum atomic E-state index is 0.798. The van der Waals surface area contributed by atoms with Crippen LogP contribution in [0, 0.1) is 11.8 Å². The highest BCUT2D eigenvalue weighted by atomic mass is 32.1. The molecule has 0 amide bonds. The number of nitrogens with one attached hydrogen (secondary N) is 1. The normalized spacial score (nSPS) is 20.4. The Kier molecular flexibility index (Phi) is 4.50. The molecule has 1 fully saturated rings. The van der Waals surface area contributed by atoms with E-state index in [9.17, 15) is 0 Å². The molecule has 4 nitrogen and oxygen atoms in total. The van der Waals surface area contributed by atoms with E-state index < -0.39 is 0 Å². The summed E-state index contributed by atoms with van der Waals surface area (Å²) in [6, 6.07) is 0. The molecular weight excluding hydrogens is 280 g/mol. The van der Waals surface area contributed by atoms with Crippen molar-refractivity contribution in [2.75, 3.05) is 25.0 Å². The third-order valence-electron chi connectivity index (χ3n) is 4.70. The van der Waals surface area contributed by atoms with Gasteiger partial charge in [0, 0.05) is 31.2 Å². The molecule has 1 aliphatic rings. The van der Waals surface area contributed by atoms with Gasteiger partial charge in [-0.3, -0.25) is 4.40 Å². The van der Waals surface area contributed by atoms with Gasteiger partial charge in [-0.05, 0) is 38.1 Å². The fraction of sp³-hybridized carbons (Fsp3) is 0.688. The van der Waals surface area contributed by atoms with Crippen molar-refractivity contribution in [2.45, 2.75) is 39.7 Å². The van der Waals surface area contributed by atoms with Crippen LogP contribution in [0.1, 0.15) is 38.8 Å². The largest absolute Gasteiger partial charge is 0.355 e. The molecule has 0 radical (unpaired) electrons. The molecule has 21 heavy (non-hydrogen) atoms. The van der Waals surface area contributed by atoms with E-state index in [4.69, 9.17) is 4.98 Å². The first-order valence-corrected chi connectivity index (χ1v) is 8.92. The molecule has 116 valence electrons. The highest BCUT2D eigenvalue weighted by Gasteiger charge is 2.23. The molecule has 2 aromatic rings. The minimum absolute atomic E-state index is 0.798. The Morgan fingerprint density at radius 3 is 3.00 bits per heavy atom. The number of aromatic nitrogens is 2. The van der Waals surface area contributed by atoms with Gasteiger partial charge in [-0.15, -0.1) is 11.3 Å². The molecule has 0 bridgehead atoms. The maximum Gasteiger partial charge on any atom is 0.195 e. The van der Waals surface area contributed by atoms with Crippen LogP contribution in [0.15, 0.2) is 11.6 Å². The van der Waals surface area contributed by atoms with E-state index in [1.54, 1.807) is 11.3 Å². The summed E-state index contributed by atoms with van der Waals surface area (Å²) in [5, 5.41) is 5.40. The Bertz CT molecular complexity index is 586. The van der Waals surface area contributed by atoms with E-state index in [1.807, 2.05) is 7.05 Å². The number of hydrogen-bond donors (Lipinski definition) is 1. The van der Waals surface area contributed by atoms with Crippen molar-refractivity contribution in [3.05, 3.63) is 17.3 Å². The van der Waals surface area contributed by atoms with Gasteiger partial charge < -0.3 is 10.2 Å². The number of thiazole rings is 1. The van der Waals surface area contributed by atoms with Gasteiger partial charge >= 0.3 is 0 Å². The van der Waals surface area contributed by atoms with Gasteiger partial charge in [-0.1, -0.05) is 13.8 Å². The van der Waals surface area contributed by atoms with Gasteiger partial charge in [-0.25, -0.2) is 4.98 Å². The monoisotopic (exact) mass is 306 g/mol. The van der Waals surface area contributed by atoms with Crippen molar-refractivity contribution in [2.24, 2.45) is 11.8 Å². The summed E-state index contributed by atoms with van der Waals surface area (Å²) in [7, 11) is 2.01. The highest BCUT2D eigenvalue weighted by Crippen LogP contribution is 2.30. The third-order valence-corrected chi connectivity index (χ3v) is 5.46. The first-order chi connectivity index (χ1) is 10.2. The lowest BCUT2D eigenvalue weighted by Gasteiger charge is -2.22. The lowest BCUT2D eigenvalue weighted by atomic mass is 9.89. The highest BCUT2D eigenvalue weighted by molar-refractivity contribution is 7.15. The molecule has 0 aromatic carbocycles. The van der Waals surface area contributed by atoms with Crippen molar-refractivity contribution < 1.29 is 0 Å². The Hall–Kier alpha value is -1.07. The molecule has 0 aliphatic carbocycles. The maximum atomic E-state index is 4.89. The first-order valence-electron chi connectivity index (χ1n) is 8.04. The predicted octanol–water partition coefficient (Wildman–Crippen LogP) is 3.38. The Labute approximate surface area is 131 Å². The number of imidazole rings is 1. The third kappa shape index (κ3) is 2.94. The molecule has 1 aliphatic heterocycles. The van der Waals surface area contributed by atoms with Crippen LogP contribution < -0.4 is 10.2 Å². The molecular formula is C16H26N4S. The van der Waals surface area contributed by atoms with Crippen molar-refractivity contribution in [1.29, 1.82) is 0 Å². The van der Waals surface area contributed by atoms with E-state index in [-0.39, 0.29) is 0 Å². The molecule has 3 heterocycles. The smallest absolute Gasteiger partial charge is 0.195 e. The second-order valence-corrected chi connectivity index (χ2v) is 7.26. The summed E-state index contributed by atoms with van der Waals surface area (Å²) in [5.41, 5.74) is 1.30. The molecule has 0 saturated carbocycles. The van der Waals surface area contributed by atoms with E-state index in [1.165, 1.54) is 30.8 Å². The number of rotatable bonds is 4. The summed E-state index contributed by atoms with van der Waals surface area (Å²) in [6.07, 6.45) is 6.07. The van der Waals surface area contributed by atoms with Gasteiger partial charge in [0.1, 0.15) is 0 Å². The Morgan fingerprint density at radius 1 is 1.38 bits per heavy atom. The second kappa shape index (κ2) is 6.36. The zero-order valence-corrected chi connectivity index (χ0v) is 14.1. The summed E-state index contributed by atoms with van der Waals surface area (Å²) < 4.78 is 2.24. The first kappa shape index (κ1) is 14.9. The van der Waals surface area contributed by atoms with Gasteiger partial charge in [-0.2, -0.15) is 0 Å². The van der Waals surface area contributed by atoms with E-state index in [0.717, 1.165) is 36.4 Å². The minimum Gasteiger partial charge on any atom is -0.355 e. The molecule has 1 unspecified atom stereocenters. The van der Waals surface area contributed by atoms with Crippen molar-refractivity contribution in [3.8, 4) is 0 Å². The average molecular weight is 306 g/mol. The quantitative estimate of drug-likeness (QED) is 0.940. The van der Waals surface area contributed by atoms with E-state index in [2.05, 4.69) is 40.0 Å². The predicted molar refractivity (Wildman–Crippen MR) is 90.2 cm³/mol. The molecule has 5 heteroatoms. The fourth-order valence-corrected chi connectivity index (χ4v) is 4.13. The van der Waals surface area contributed by atoms with Crippen LogP contribution in [0.2, 0.25) is 0 Å². The molecule has 1 atom stereocenters. The van der Waals surface area contributed by atoms with Crippen LogP contribution in [0.25, 0.3) is 4.96 Å². The van der Waals surface area contributed by atoms with Crippen LogP contribution in [0.4, 0.5) is 5.82 Å². The number of anilines is 1. The summed E-state index contributed by atoms with van der Waals surface area (Å²) in [6.45, 7) is 7.88. The fourth-order valence-electron chi connectivity index (χ4n) is 3.41. The van der Waals surface area contributed by atoms with E-state index in [0.29, 0.717) is 0 Å². The summed E-state index contributed by atoms with van der Waals surface area (Å²) >= 11 is 1.72. The van der Waals surface area contributed by atoms with Gasteiger partial charge in [0.15, 0.2) is 10.8 Å². The Morgan fingerprint density at radius 2 is 2.24 bits per heavy atom. The molecule has 0 spiro atoms. The summed E-state index contributed by atoms with van der Waals surface area (Å²) in [4.78, 5) is 8.51. The average Bonchev–Trinajstić information content (AvgIpc) is 2.93. The zero-order chi connectivity index (χ0) is 14.8. The van der Waals surface area contributed by atoms with Crippen LogP contribution in [-0.4, -0.2) is 29.5 Å². The molecule has 3 rings (SSSR count). The lowest BCUT2D eigenvalue weighted by Crippen LogP contribution is -2.27. The zero-order valence-electron chi connectivity index (χ0n) is 13.3. The topological polar surface area (TPSA) is 32.6 Å². The van der Waals surface area contributed by atoms with Crippen molar-refractivity contribution in [1.82, 2.24) is 14.7 Å². The molecule has 1 N–H and O–H groups in total. The molecule has 2 aromatic heterocycles. The standard InChI is InChI=1S/C16H26N4S/c1-12(2)13-5-4-7-19(8-6-13)15-14(11-17-3)20-9-10-21-16(20)18-15/h9-10,12-13,17H,4-8,11H2,1-3H3. The van der Waals surface area contributed by atoms with E-state index >= 15 is 0 Å². The van der Waals surface area contributed by atoms with Crippen LogP contribution in [0.3, 0.4) is 0 Å². The number of fused-ring (bicyclic) bond motifs is 1. The van der Waals surface area contributed by atoms with Gasteiger partial charge in [0.05, 0.1) is 5.69 Å². The van der Waals surface area contributed by atoms with Gasteiger partial charge in [0.2, 0.25) is 0 Å². The molecule has 1 saturated heterocycles. The van der Waals surface area contributed by atoms with Crippen LogP contribution in [0.5, 0.6) is 0 Å². The van der Waals surface area contributed by atoms with Crippen molar-refractivity contribution >= 4 is 22.1 Å². The Balaban J connectivity index is 1.85.